The Morgan fingerprint density at radius 1 is 0.774 bits per heavy atom. The molecule has 0 amide bonds. The lowest BCUT2D eigenvalue weighted by atomic mass is 10.0. The summed E-state index contributed by atoms with van der Waals surface area (Å²) in [6, 6.07) is 14.1. The van der Waals surface area contributed by atoms with Crippen LogP contribution < -0.4 is 4.72 Å². The van der Waals surface area contributed by atoms with Gasteiger partial charge in [-0.15, -0.1) is 0 Å². The first-order valence-electron chi connectivity index (χ1n) is 9.31. The van der Waals surface area contributed by atoms with Gasteiger partial charge in [-0.2, -0.15) is 4.31 Å². The molecule has 0 saturated heterocycles. The Morgan fingerprint density at radius 2 is 1.52 bits per heavy atom. The molecular weight excluding hydrogens is 446 g/mol. The highest BCUT2D eigenvalue weighted by Gasteiger charge is 2.28. The molecule has 31 heavy (non-hydrogen) atoms. The number of rotatable bonds is 5. The van der Waals surface area contributed by atoms with Crippen LogP contribution in [-0.4, -0.2) is 27.7 Å². The first-order chi connectivity index (χ1) is 14.6. The fourth-order valence-corrected chi connectivity index (χ4v) is 5.90. The Labute approximate surface area is 179 Å². The summed E-state index contributed by atoms with van der Waals surface area (Å²) in [6.45, 7) is 0.297. The molecule has 0 saturated carbocycles. The first kappa shape index (κ1) is 21.4. The molecule has 0 aromatic heterocycles. The van der Waals surface area contributed by atoms with E-state index in [2.05, 4.69) is 4.72 Å². The predicted molar refractivity (Wildman–Crippen MR) is 111 cm³/mol. The third kappa shape index (κ3) is 4.46. The molecule has 162 valence electrons. The quantitative estimate of drug-likeness (QED) is 0.626. The van der Waals surface area contributed by atoms with Crippen molar-refractivity contribution in [2.24, 2.45) is 0 Å². The van der Waals surface area contributed by atoms with Crippen molar-refractivity contribution in [1.29, 1.82) is 0 Å². The molecule has 6 nitrogen and oxygen atoms in total. The van der Waals surface area contributed by atoms with Crippen molar-refractivity contribution in [3.05, 3.63) is 89.5 Å². The van der Waals surface area contributed by atoms with Crippen molar-refractivity contribution in [2.75, 3.05) is 11.3 Å². The van der Waals surface area contributed by atoms with E-state index in [1.165, 1.54) is 28.6 Å². The van der Waals surface area contributed by atoms with E-state index in [1.807, 2.05) is 0 Å². The predicted octanol–water partition coefficient (Wildman–Crippen LogP) is 3.51. The summed E-state index contributed by atoms with van der Waals surface area (Å²) in [6.07, 6.45) is 0.451. The zero-order valence-corrected chi connectivity index (χ0v) is 17.8. The largest absolute Gasteiger partial charge is 0.280 e. The zero-order chi connectivity index (χ0) is 22.2. The Balaban J connectivity index is 1.59. The Hall–Kier alpha value is -2.82. The van der Waals surface area contributed by atoms with Gasteiger partial charge in [0, 0.05) is 18.8 Å². The zero-order valence-electron chi connectivity index (χ0n) is 16.1. The topological polar surface area (TPSA) is 83.6 Å². The van der Waals surface area contributed by atoms with Gasteiger partial charge in [0.25, 0.3) is 10.0 Å². The van der Waals surface area contributed by atoms with Crippen molar-refractivity contribution in [1.82, 2.24) is 4.31 Å². The lowest BCUT2D eigenvalue weighted by molar-refractivity contribution is 0.391. The van der Waals surface area contributed by atoms with Crippen LogP contribution in [0.3, 0.4) is 0 Å². The molecule has 0 aliphatic carbocycles. The number of hydrogen-bond acceptors (Lipinski definition) is 4. The van der Waals surface area contributed by atoms with Crippen LogP contribution in [-0.2, 0) is 33.0 Å². The maximum Gasteiger partial charge on any atom is 0.261 e. The van der Waals surface area contributed by atoms with Gasteiger partial charge in [-0.3, -0.25) is 4.72 Å². The molecule has 1 aliphatic rings. The van der Waals surface area contributed by atoms with E-state index in [4.69, 9.17) is 0 Å². The van der Waals surface area contributed by atoms with Gasteiger partial charge in [-0.25, -0.2) is 25.6 Å². The van der Waals surface area contributed by atoms with E-state index in [0.29, 0.717) is 12.0 Å². The highest BCUT2D eigenvalue weighted by atomic mass is 32.2. The minimum Gasteiger partial charge on any atom is -0.280 e. The van der Waals surface area contributed by atoms with Crippen LogP contribution in [0.5, 0.6) is 0 Å². The van der Waals surface area contributed by atoms with Crippen LogP contribution in [0, 0.1) is 11.6 Å². The average molecular weight is 465 g/mol. The molecule has 3 aromatic rings. The number of halogens is 2. The second-order valence-corrected chi connectivity index (χ2v) is 10.7. The lowest BCUT2D eigenvalue weighted by Crippen LogP contribution is -2.36. The van der Waals surface area contributed by atoms with Crippen molar-refractivity contribution in [2.45, 2.75) is 22.8 Å². The molecule has 0 radical (unpaired) electrons. The fraction of sp³-hybridized carbons (Fsp3) is 0.143. The minimum atomic E-state index is -4.01. The van der Waals surface area contributed by atoms with E-state index < -0.39 is 31.7 Å². The van der Waals surface area contributed by atoms with Crippen molar-refractivity contribution in [3.8, 4) is 0 Å². The van der Waals surface area contributed by atoms with Gasteiger partial charge in [0.2, 0.25) is 10.0 Å². The molecule has 0 spiro atoms. The standard InChI is InChI=1S/C21H18F2N2O4S2/c22-17-5-8-20(9-6-17)31(28,29)25-11-10-15-4-7-19(12-16(15)14-25)24-30(26,27)21-3-1-2-18(23)13-21/h1-9,12-13,24H,10-11,14H2. The van der Waals surface area contributed by atoms with Gasteiger partial charge in [0.15, 0.2) is 0 Å². The van der Waals surface area contributed by atoms with Crippen LogP contribution in [0.4, 0.5) is 14.5 Å². The van der Waals surface area contributed by atoms with Crippen LogP contribution in [0.15, 0.2) is 76.5 Å². The molecule has 0 fully saturated rings. The molecule has 10 heteroatoms. The van der Waals surface area contributed by atoms with Crippen LogP contribution in [0.25, 0.3) is 0 Å². The molecule has 1 N–H and O–H groups in total. The third-order valence-electron chi connectivity index (χ3n) is 4.99. The summed E-state index contributed by atoms with van der Waals surface area (Å²) in [5.74, 6) is -1.20. The van der Waals surface area contributed by atoms with Gasteiger partial charge in [-0.05, 0) is 72.1 Å². The maximum absolute atomic E-state index is 13.4. The van der Waals surface area contributed by atoms with E-state index in [1.54, 1.807) is 18.2 Å². The van der Waals surface area contributed by atoms with E-state index >= 15 is 0 Å². The van der Waals surface area contributed by atoms with Crippen molar-refractivity contribution >= 4 is 25.7 Å². The summed E-state index contributed by atoms with van der Waals surface area (Å²) in [7, 11) is -7.84. The summed E-state index contributed by atoms with van der Waals surface area (Å²) in [5.41, 5.74) is 1.79. The van der Waals surface area contributed by atoms with Crippen LogP contribution >= 0.6 is 0 Å². The van der Waals surface area contributed by atoms with E-state index in [-0.39, 0.29) is 28.6 Å². The number of benzene rings is 3. The Kier molecular flexibility index (Phi) is 5.54. The Morgan fingerprint density at radius 3 is 2.23 bits per heavy atom. The molecule has 3 aromatic carbocycles. The molecule has 1 aliphatic heterocycles. The second-order valence-electron chi connectivity index (χ2n) is 7.09. The normalized spacial score (nSPS) is 14.8. The highest BCUT2D eigenvalue weighted by Crippen LogP contribution is 2.28. The molecule has 0 atom stereocenters. The summed E-state index contributed by atoms with van der Waals surface area (Å²) in [4.78, 5) is -0.231. The SMILES string of the molecule is O=S(=O)(Nc1ccc2c(c1)CN(S(=O)(=O)c1ccc(F)cc1)CC2)c1cccc(F)c1. The highest BCUT2D eigenvalue weighted by molar-refractivity contribution is 7.92. The van der Waals surface area contributed by atoms with E-state index in [0.717, 1.165) is 29.8 Å². The smallest absolute Gasteiger partial charge is 0.261 e. The van der Waals surface area contributed by atoms with Crippen molar-refractivity contribution < 1.29 is 25.6 Å². The maximum atomic E-state index is 13.4. The van der Waals surface area contributed by atoms with E-state index in [9.17, 15) is 25.6 Å². The molecule has 1 heterocycles. The monoisotopic (exact) mass is 464 g/mol. The number of anilines is 1. The molecular formula is C21H18F2N2O4S2. The summed E-state index contributed by atoms with van der Waals surface area (Å²) >= 11 is 0. The van der Waals surface area contributed by atoms with Gasteiger partial charge in [0.1, 0.15) is 11.6 Å². The summed E-state index contributed by atoms with van der Waals surface area (Å²) < 4.78 is 81.1. The van der Waals surface area contributed by atoms with Crippen molar-refractivity contribution in [3.63, 3.8) is 0 Å². The summed E-state index contributed by atoms with van der Waals surface area (Å²) in [5, 5.41) is 0. The van der Waals surface area contributed by atoms with Crippen LogP contribution in [0.1, 0.15) is 11.1 Å². The van der Waals surface area contributed by atoms with Gasteiger partial charge < -0.3 is 0 Å². The fourth-order valence-electron chi connectivity index (χ4n) is 3.40. The average Bonchev–Trinajstić information content (AvgIpc) is 2.73. The number of hydrogen-bond donors (Lipinski definition) is 1. The van der Waals surface area contributed by atoms with Gasteiger partial charge >= 0.3 is 0 Å². The van der Waals surface area contributed by atoms with Gasteiger partial charge in [-0.1, -0.05) is 12.1 Å². The molecule has 4 rings (SSSR count). The van der Waals surface area contributed by atoms with Gasteiger partial charge in [0.05, 0.1) is 9.79 Å². The number of nitrogens with one attached hydrogen (secondary N) is 1. The molecule has 0 unspecified atom stereocenters. The second kappa shape index (κ2) is 8.03. The number of nitrogens with zero attached hydrogens (tertiary/aromatic N) is 1. The van der Waals surface area contributed by atoms with Crippen LogP contribution in [0.2, 0.25) is 0 Å². The molecule has 0 bridgehead atoms. The number of fused-ring (bicyclic) bond motifs is 1. The lowest BCUT2D eigenvalue weighted by Gasteiger charge is -2.28. The Bertz CT molecular complexity index is 1340. The number of sulfonamides is 2. The minimum absolute atomic E-state index is 0.0136. The third-order valence-corrected chi connectivity index (χ3v) is 8.23. The first-order valence-corrected chi connectivity index (χ1v) is 12.2.